The molecule has 2 aliphatic heterocycles. The van der Waals surface area contributed by atoms with E-state index in [-0.39, 0.29) is 5.82 Å². The predicted molar refractivity (Wildman–Crippen MR) is 87.1 cm³/mol. The molecule has 2 aromatic rings. The van der Waals surface area contributed by atoms with Gasteiger partial charge in [0.05, 0.1) is 11.4 Å². The second-order valence-electron chi connectivity index (χ2n) is 6.86. The van der Waals surface area contributed by atoms with Gasteiger partial charge in [0.1, 0.15) is 12.1 Å². The zero-order valence-corrected chi connectivity index (χ0v) is 14.1. The van der Waals surface area contributed by atoms with E-state index >= 15 is 0 Å². The van der Waals surface area contributed by atoms with Gasteiger partial charge in [0.25, 0.3) is 0 Å². The molecule has 2 aliphatic rings. The first kappa shape index (κ1) is 15.5. The van der Waals surface area contributed by atoms with Gasteiger partial charge in [0, 0.05) is 38.8 Å². The molecule has 24 heavy (non-hydrogen) atoms. The molecule has 0 amide bonds. The number of hydrogen-bond acceptors (Lipinski definition) is 6. The lowest BCUT2D eigenvalue weighted by Crippen LogP contribution is -2.30. The van der Waals surface area contributed by atoms with E-state index in [1.165, 1.54) is 6.33 Å². The molecule has 2 aromatic heterocycles. The van der Waals surface area contributed by atoms with Crippen LogP contribution in [0.1, 0.15) is 24.1 Å². The number of anilines is 1. The summed E-state index contributed by atoms with van der Waals surface area (Å²) in [4.78, 5) is 12.7. The van der Waals surface area contributed by atoms with Crippen LogP contribution in [0.2, 0.25) is 0 Å². The molecule has 7 heteroatoms. The van der Waals surface area contributed by atoms with Crippen LogP contribution in [0.25, 0.3) is 0 Å². The minimum absolute atomic E-state index is 0.255. The summed E-state index contributed by atoms with van der Waals surface area (Å²) in [5, 5.41) is 4.07. The molecule has 0 spiro atoms. The molecule has 0 saturated carbocycles. The summed E-state index contributed by atoms with van der Waals surface area (Å²) in [7, 11) is 0. The Labute approximate surface area is 140 Å². The average molecular weight is 331 g/mol. The minimum Gasteiger partial charge on any atom is -0.361 e. The Hall–Kier alpha value is -2.02. The van der Waals surface area contributed by atoms with Crippen molar-refractivity contribution in [2.75, 3.05) is 31.1 Å². The van der Waals surface area contributed by atoms with Gasteiger partial charge >= 0.3 is 0 Å². The maximum Gasteiger partial charge on any atom is 0.187 e. The molecule has 4 rings (SSSR count). The summed E-state index contributed by atoms with van der Waals surface area (Å²) < 4.78 is 19.6. The van der Waals surface area contributed by atoms with Crippen LogP contribution in [0.5, 0.6) is 0 Å². The third-order valence-electron chi connectivity index (χ3n) is 5.10. The summed E-state index contributed by atoms with van der Waals surface area (Å²) in [6.45, 7) is 8.39. The van der Waals surface area contributed by atoms with Crippen molar-refractivity contribution in [2.45, 2.75) is 26.8 Å². The van der Waals surface area contributed by atoms with E-state index in [1.807, 2.05) is 19.9 Å². The Balaban J connectivity index is 1.41. The number of aryl methyl sites for hydroxylation is 2. The van der Waals surface area contributed by atoms with Crippen molar-refractivity contribution >= 4 is 5.82 Å². The Morgan fingerprint density at radius 1 is 1.21 bits per heavy atom. The van der Waals surface area contributed by atoms with E-state index in [9.17, 15) is 4.39 Å². The molecular weight excluding hydrogens is 309 g/mol. The molecule has 0 aliphatic carbocycles. The first-order valence-electron chi connectivity index (χ1n) is 8.53. The van der Waals surface area contributed by atoms with Crippen LogP contribution < -0.4 is 4.90 Å². The third-order valence-corrected chi connectivity index (χ3v) is 5.10. The van der Waals surface area contributed by atoms with Crippen LogP contribution in [-0.2, 0) is 13.0 Å². The number of nitrogens with zero attached hydrogens (tertiary/aromatic N) is 5. The second kappa shape index (κ2) is 6.12. The van der Waals surface area contributed by atoms with Crippen LogP contribution in [-0.4, -0.2) is 46.2 Å². The third kappa shape index (κ3) is 2.77. The van der Waals surface area contributed by atoms with Crippen LogP contribution in [0, 0.1) is 24.6 Å². The van der Waals surface area contributed by atoms with Gasteiger partial charge in [-0.1, -0.05) is 12.1 Å². The van der Waals surface area contributed by atoms with Gasteiger partial charge in [-0.2, -0.15) is 0 Å². The van der Waals surface area contributed by atoms with E-state index in [2.05, 4.69) is 24.9 Å². The molecule has 0 bridgehead atoms. The lowest BCUT2D eigenvalue weighted by atomic mass is 10.0. The molecule has 0 aromatic carbocycles. The molecule has 2 fully saturated rings. The van der Waals surface area contributed by atoms with Crippen molar-refractivity contribution < 1.29 is 8.91 Å². The SMILES string of the molecule is CCc1ncnc(N2CC3CN(Cc4cc(C)on4)CC3C2)c1F. The maximum atomic E-state index is 14.5. The lowest BCUT2D eigenvalue weighted by Gasteiger charge is -2.22. The zero-order valence-electron chi connectivity index (χ0n) is 14.1. The molecule has 2 unspecified atom stereocenters. The summed E-state index contributed by atoms with van der Waals surface area (Å²) in [6.07, 6.45) is 2.07. The standard InChI is InChI=1S/C17H22FN5O/c1-3-15-16(18)17(20-10-19-15)23-7-12-5-22(6-13(12)8-23)9-14-4-11(2)24-21-14/h4,10,12-13H,3,5-9H2,1-2H3. The zero-order chi connectivity index (χ0) is 16.7. The normalized spacial score (nSPS) is 23.9. The first-order chi connectivity index (χ1) is 11.6. The van der Waals surface area contributed by atoms with Crippen molar-refractivity contribution in [3.05, 3.63) is 35.4 Å². The molecule has 0 radical (unpaired) electrons. The van der Waals surface area contributed by atoms with Gasteiger partial charge in [-0.25, -0.2) is 14.4 Å². The molecule has 128 valence electrons. The van der Waals surface area contributed by atoms with Crippen LogP contribution in [0.4, 0.5) is 10.2 Å². The summed E-state index contributed by atoms with van der Waals surface area (Å²) in [6, 6.07) is 1.99. The Kier molecular flexibility index (Phi) is 3.96. The largest absolute Gasteiger partial charge is 0.361 e. The number of aromatic nitrogens is 3. The molecule has 0 N–H and O–H groups in total. The number of hydrogen-bond donors (Lipinski definition) is 0. The van der Waals surface area contributed by atoms with E-state index < -0.39 is 0 Å². The molecule has 2 saturated heterocycles. The van der Waals surface area contributed by atoms with Gasteiger partial charge in [-0.15, -0.1) is 0 Å². The Bertz CT molecular complexity index is 720. The highest BCUT2D eigenvalue weighted by molar-refractivity contribution is 5.43. The minimum atomic E-state index is -0.255. The van der Waals surface area contributed by atoms with E-state index in [0.717, 1.165) is 44.2 Å². The van der Waals surface area contributed by atoms with Gasteiger partial charge in [-0.3, -0.25) is 4.90 Å². The van der Waals surface area contributed by atoms with Gasteiger partial charge < -0.3 is 9.42 Å². The quantitative estimate of drug-likeness (QED) is 0.854. The monoisotopic (exact) mass is 331 g/mol. The highest BCUT2D eigenvalue weighted by atomic mass is 19.1. The maximum absolute atomic E-state index is 14.5. The molecule has 6 nitrogen and oxygen atoms in total. The fourth-order valence-corrected chi connectivity index (χ4v) is 3.98. The first-order valence-corrected chi connectivity index (χ1v) is 8.53. The number of halogens is 1. The van der Waals surface area contributed by atoms with Crippen molar-refractivity contribution in [3.8, 4) is 0 Å². The highest BCUT2D eigenvalue weighted by Gasteiger charge is 2.41. The number of rotatable bonds is 4. The Morgan fingerprint density at radius 2 is 1.96 bits per heavy atom. The van der Waals surface area contributed by atoms with Gasteiger partial charge in [-0.05, 0) is 25.2 Å². The average Bonchev–Trinajstić information content (AvgIpc) is 3.23. The fourth-order valence-electron chi connectivity index (χ4n) is 3.98. The second-order valence-corrected chi connectivity index (χ2v) is 6.86. The van der Waals surface area contributed by atoms with E-state index in [4.69, 9.17) is 4.52 Å². The van der Waals surface area contributed by atoms with Crippen molar-refractivity contribution in [3.63, 3.8) is 0 Å². The van der Waals surface area contributed by atoms with Crippen LogP contribution in [0.3, 0.4) is 0 Å². The van der Waals surface area contributed by atoms with Crippen molar-refractivity contribution in [1.29, 1.82) is 0 Å². The van der Waals surface area contributed by atoms with E-state index in [0.29, 0.717) is 29.8 Å². The lowest BCUT2D eigenvalue weighted by molar-refractivity contribution is 0.293. The number of likely N-dealkylation sites (tertiary alicyclic amines) is 1. The fraction of sp³-hybridized carbons (Fsp3) is 0.588. The molecule has 4 heterocycles. The molecular formula is C17H22FN5O. The summed E-state index contributed by atoms with van der Waals surface area (Å²) >= 11 is 0. The van der Waals surface area contributed by atoms with Gasteiger partial charge in [0.2, 0.25) is 0 Å². The Morgan fingerprint density at radius 3 is 2.58 bits per heavy atom. The topological polar surface area (TPSA) is 58.3 Å². The van der Waals surface area contributed by atoms with Gasteiger partial charge in [0.15, 0.2) is 11.6 Å². The van der Waals surface area contributed by atoms with Crippen molar-refractivity contribution in [2.24, 2.45) is 11.8 Å². The van der Waals surface area contributed by atoms with E-state index in [1.54, 1.807) is 0 Å². The highest BCUT2D eigenvalue weighted by Crippen LogP contribution is 2.34. The predicted octanol–water partition coefficient (Wildman–Crippen LogP) is 2.04. The summed E-state index contributed by atoms with van der Waals surface area (Å²) in [5.74, 6) is 2.17. The molecule has 2 atom stereocenters. The number of fused-ring (bicyclic) bond motifs is 1. The smallest absolute Gasteiger partial charge is 0.187 e. The van der Waals surface area contributed by atoms with Crippen molar-refractivity contribution in [1.82, 2.24) is 20.0 Å². The van der Waals surface area contributed by atoms with Crippen LogP contribution >= 0.6 is 0 Å². The van der Waals surface area contributed by atoms with Crippen LogP contribution in [0.15, 0.2) is 16.9 Å². The summed E-state index contributed by atoms with van der Waals surface area (Å²) in [5.41, 5.74) is 1.49.